The molecule has 94 valence electrons. The number of thiophene rings is 1. The Bertz CT molecular complexity index is 532. The van der Waals surface area contributed by atoms with E-state index in [1.807, 2.05) is 11.3 Å². The third-order valence-corrected chi connectivity index (χ3v) is 5.20. The lowest BCUT2D eigenvalue weighted by molar-refractivity contribution is -0.142. The van der Waals surface area contributed by atoms with Gasteiger partial charge in [-0.1, -0.05) is 18.2 Å². The van der Waals surface area contributed by atoms with Crippen molar-refractivity contribution in [1.82, 2.24) is 0 Å². The van der Waals surface area contributed by atoms with Crippen molar-refractivity contribution in [3.05, 3.63) is 35.2 Å². The van der Waals surface area contributed by atoms with Crippen LogP contribution in [0.3, 0.4) is 0 Å². The summed E-state index contributed by atoms with van der Waals surface area (Å²) in [4.78, 5) is 12.4. The summed E-state index contributed by atoms with van der Waals surface area (Å²) >= 11 is 1.87. The van der Waals surface area contributed by atoms with Crippen molar-refractivity contribution < 1.29 is 9.90 Å². The van der Waals surface area contributed by atoms with Crippen molar-refractivity contribution >= 4 is 27.4 Å². The van der Waals surface area contributed by atoms with Gasteiger partial charge in [0.15, 0.2) is 0 Å². The molecular weight excluding hydrogens is 244 g/mol. The van der Waals surface area contributed by atoms with E-state index in [0.29, 0.717) is 5.92 Å². The fourth-order valence-corrected chi connectivity index (χ4v) is 4.06. The van der Waals surface area contributed by atoms with Crippen molar-refractivity contribution in [2.45, 2.75) is 31.6 Å². The molecule has 1 aromatic heterocycles. The molecule has 3 heteroatoms. The third kappa shape index (κ3) is 2.15. The van der Waals surface area contributed by atoms with Gasteiger partial charge in [0.05, 0.1) is 5.92 Å². The second-order valence-corrected chi connectivity index (χ2v) is 6.19. The van der Waals surface area contributed by atoms with Gasteiger partial charge in [-0.25, -0.2) is 0 Å². The standard InChI is InChI=1S/C15H16O2S/c16-15(17)11-7-5-10(6-8-11)14-9-12-3-1-2-4-13(12)18-14/h1-4,9-11H,5-8H2,(H,16,17). The molecule has 0 radical (unpaired) electrons. The maximum Gasteiger partial charge on any atom is 0.306 e. The van der Waals surface area contributed by atoms with Crippen LogP contribution in [0.5, 0.6) is 0 Å². The summed E-state index contributed by atoms with van der Waals surface area (Å²) < 4.78 is 1.34. The molecule has 1 N–H and O–H groups in total. The first-order valence-corrected chi connectivity index (χ1v) is 7.27. The molecule has 1 aromatic carbocycles. The quantitative estimate of drug-likeness (QED) is 0.876. The van der Waals surface area contributed by atoms with Crippen molar-refractivity contribution in [1.29, 1.82) is 0 Å². The van der Waals surface area contributed by atoms with E-state index in [1.54, 1.807) is 0 Å². The molecule has 2 aromatic rings. The number of benzene rings is 1. The molecule has 1 fully saturated rings. The van der Waals surface area contributed by atoms with E-state index in [2.05, 4.69) is 30.3 Å². The fraction of sp³-hybridized carbons (Fsp3) is 0.400. The number of fused-ring (bicyclic) bond motifs is 1. The predicted octanol–water partition coefficient (Wildman–Crippen LogP) is 4.26. The molecule has 0 saturated heterocycles. The molecule has 18 heavy (non-hydrogen) atoms. The van der Waals surface area contributed by atoms with E-state index < -0.39 is 5.97 Å². The lowest BCUT2D eigenvalue weighted by Crippen LogP contribution is -2.20. The predicted molar refractivity (Wildman–Crippen MR) is 74.2 cm³/mol. The Hall–Kier alpha value is -1.35. The van der Waals surface area contributed by atoms with E-state index in [-0.39, 0.29) is 5.92 Å². The van der Waals surface area contributed by atoms with Gasteiger partial charge < -0.3 is 5.11 Å². The number of carbonyl (C=O) groups is 1. The maximum atomic E-state index is 10.9. The monoisotopic (exact) mass is 260 g/mol. The number of aliphatic carboxylic acids is 1. The Kier molecular flexibility index (Phi) is 3.08. The Labute approximate surface area is 110 Å². The van der Waals surface area contributed by atoms with Gasteiger partial charge in [0.25, 0.3) is 0 Å². The maximum absolute atomic E-state index is 10.9. The van der Waals surface area contributed by atoms with Crippen LogP contribution in [0.1, 0.15) is 36.5 Å². The normalized spacial score (nSPS) is 24.2. The van der Waals surface area contributed by atoms with Crippen LogP contribution in [0.4, 0.5) is 0 Å². The first-order chi connectivity index (χ1) is 8.74. The second kappa shape index (κ2) is 4.73. The Morgan fingerprint density at radius 3 is 2.56 bits per heavy atom. The van der Waals surface area contributed by atoms with Gasteiger partial charge in [-0.05, 0) is 49.1 Å². The number of hydrogen-bond donors (Lipinski definition) is 1. The minimum absolute atomic E-state index is 0.115. The third-order valence-electron chi connectivity index (χ3n) is 3.92. The van der Waals surface area contributed by atoms with E-state index in [4.69, 9.17) is 5.11 Å². The largest absolute Gasteiger partial charge is 0.481 e. The zero-order valence-corrected chi connectivity index (χ0v) is 11.0. The van der Waals surface area contributed by atoms with Gasteiger partial charge in [-0.15, -0.1) is 11.3 Å². The molecule has 1 saturated carbocycles. The van der Waals surface area contributed by atoms with E-state index in [9.17, 15) is 4.79 Å². The molecular formula is C15H16O2S. The minimum atomic E-state index is -0.621. The molecule has 0 atom stereocenters. The first kappa shape index (κ1) is 11.7. The summed E-state index contributed by atoms with van der Waals surface area (Å²) in [5, 5.41) is 10.3. The number of rotatable bonds is 2. The molecule has 0 aliphatic heterocycles. The number of carboxylic acids is 1. The highest BCUT2D eigenvalue weighted by Gasteiger charge is 2.27. The SMILES string of the molecule is O=C(O)C1CCC(c2cc3ccccc3s2)CC1. The zero-order valence-electron chi connectivity index (χ0n) is 10.1. The molecule has 2 nitrogen and oxygen atoms in total. The summed E-state index contributed by atoms with van der Waals surface area (Å²) in [5.41, 5.74) is 0. The first-order valence-electron chi connectivity index (χ1n) is 6.45. The van der Waals surface area contributed by atoms with Crippen LogP contribution < -0.4 is 0 Å². The summed E-state index contributed by atoms with van der Waals surface area (Å²) in [6, 6.07) is 10.7. The van der Waals surface area contributed by atoms with Crippen LogP contribution in [-0.4, -0.2) is 11.1 Å². The molecule has 1 aliphatic carbocycles. The van der Waals surface area contributed by atoms with Crippen molar-refractivity contribution in [3.8, 4) is 0 Å². The van der Waals surface area contributed by atoms with Crippen LogP contribution >= 0.6 is 11.3 Å². The van der Waals surface area contributed by atoms with Crippen LogP contribution in [-0.2, 0) is 4.79 Å². The highest BCUT2D eigenvalue weighted by atomic mass is 32.1. The molecule has 1 aliphatic rings. The topological polar surface area (TPSA) is 37.3 Å². The average molecular weight is 260 g/mol. The lowest BCUT2D eigenvalue weighted by Gasteiger charge is -2.25. The van der Waals surface area contributed by atoms with Crippen LogP contribution in [0, 0.1) is 5.92 Å². The van der Waals surface area contributed by atoms with Crippen molar-refractivity contribution in [2.75, 3.05) is 0 Å². The fourth-order valence-electron chi connectivity index (χ4n) is 2.83. The summed E-state index contributed by atoms with van der Waals surface area (Å²) in [7, 11) is 0. The summed E-state index contributed by atoms with van der Waals surface area (Å²) in [5.74, 6) is -0.168. The smallest absolute Gasteiger partial charge is 0.306 e. The second-order valence-electron chi connectivity index (χ2n) is 5.07. The Morgan fingerprint density at radius 2 is 1.89 bits per heavy atom. The summed E-state index contributed by atoms with van der Waals surface area (Å²) in [6.45, 7) is 0. The zero-order chi connectivity index (χ0) is 12.5. The molecule has 0 unspecified atom stereocenters. The van der Waals surface area contributed by atoms with Gasteiger partial charge in [-0.3, -0.25) is 4.79 Å². The van der Waals surface area contributed by atoms with E-state index >= 15 is 0 Å². The van der Waals surface area contributed by atoms with Gasteiger partial charge >= 0.3 is 5.97 Å². The molecule has 0 bridgehead atoms. The van der Waals surface area contributed by atoms with Crippen LogP contribution in [0.25, 0.3) is 10.1 Å². The van der Waals surface area contributed by atoms with Crippen molar-refractivity contribution in [3.63, 3.8) is 0 Å². The Morgan fingerprint density at radius 1 is 1.17 bits per heavy atom. The molecule has 0 amide bonds. The van der Waals surface area contributed by atoms with Crippen molar-refractivity contribution in [2.24, 2.45) is 5.92 Å². The molecule has 1 heterocycles. The Balaban J connectivity index is 1.78. The average Bonchev–Trinajstić information content (AvgIpc) is 2.82. The number of hydrogen-bond acceptors (Lipinski definition) is 2. The van der Waals surface area contributed by atoms with Gasteiger partial charge in [-0.2, -0.15) is 0 Å². The van der Waals surface area contributed by atoms with Gasteiger partial charge in [0, 0.05) is 9.58 Å². The van der Waals surface area contributed by atoms with E-state index in [0.717, 1.165) is 25.7 Å². The molecule has 0 spiro atoms. The molecule has 3 rings (SSSR count). The highest BCUT2D eigenvalue weighted by molar-refractivity contribution is 7.19. The minimum Gasteiger partial charge on any atom is -0.481 e. The van der Waals surface area contributed by atoms with Crippen LogP contribution in [0.2, 0.25) is 0 Å². The highest BCUT2D eigenvalue weighted by Crippen LogP contribution is 2.40. The van der Waals surface area contributed by atoms with E-state index in [1.165, 1.54) is 15.0 Å². The lowest BCUT2D eigenvalue weighted by atomic mass is 9.81. The van der Waals surface area contributed by atoms with Gasteiger partial charge in [0.1, 0.15) is 0 Å². The summed E-state index contributed by atoms with van der Waals surface area (Å²) in [6.07, 6.45) is 3.69. The van der Waals surface area contributed by atoms with Crippen LogP contribution in [0.15, 0.2) is 30.3 Å². The van der Waals surface area contributed by atoms with Gasteiger partial charge in [0.2, 0.25) is 0 Å². The number of carboxylic acid groups (broad SMARTS) is 1.